The molecule has 0 bridgehead atoms. The zero-order chi connectivity index (χ0) is 20.1. The van der Waals surface area contributed by atoms with Gasteiger partial charge in [-0.1, -0.05) is 24.3 Å². The summed E-state index contributed by atoms with van der Waals surface area (Å²) in [6.45, 7) is 0.478. The maximum Gasteiger partial charge on any atom is 0.319 e. The first kappa shape index (κ1) is 20.0. The van der Waals surface area contributed by atoms with Gasteiger partial charge in [0.1, 0.15) is 0 Å². The number of carbonyl (C=O) groups is 1. The van der Waals surface area contributed by atoms with Crippen LogP contribution in [0.25, 0.3) is 10.1 Å². The number of hydrogen-bond acceptors (Lipinski definition) is 5. The number of ether oxygens (including phenoxy) is 2. The van der Waals surface area contributed by atoms with Gasteiger partial charge in [-0.15, -0.1) is 11.3 Å². The lowest BCUT2D eigenvalue weighted by atomic mass is 10.0. The topological polar surface area (TPSA) is 62.8 Å². The molecule has 0 radical (unpaired) electrons. The molecule has 0 saturated carbocycles. The molecule has 2 N–H and O–H groups in total. The second-order valence-electron chi connectivity index (χ2n) is 6.54. The molecule has 28 heavy (non-hydrogen) atoms. The van der Waals surface area contributed by atoms with Crippen LogP contribution < -0.4 is 20.1 Å². The van der Waals surface area contributed by atoms with Gasteiger partial charge >= 0.3 is 6.03 Å². The van der Waals surface area contributed by atoms with E-state index in [0.29, 0.717) is 23.7 Å². The Morgan fingerprint density at radius 1 is 1.11 bits per heavy atom. The smallest absolute Gasteiger partial charge is 0.319 e. The van der Waals surface area contributed by atoms with Crippen LogP contribution in [0.3, 0.4) is 0 Å². The van der Waals surface area contributed by atoms with Crippen molar-refractivity contribution in [3.63, 3.8) is 0 Å². The van der Waals surface area contributed by atoms with Gasteiger partial charge < -0.3 is 25.0 Å². The molecule has 0 aliphatic heterocycles. The highest BCUT2D eigenvalue weighted by Gasteiger charge is 2.19. The number of anilines is 1. The van der Waals surface area contributed by atoms with Gasteiger partial charge in [-0.25, -0.2) is 4.79 Å². The van der Waals surface area contributed by atoms with Crippen LogP contribution in [0.2, 0.25) is 0 Å². The normalized spacial score (nSPS) is 12.0. The van der Waals surface area contributed by atoms with E-state index < -0.39 is 0 Å². The van der Waals surface area contributed by atoms with Crippen molar-refractivity contribution in [3.8, 4) is 11.5 Å². The fourth-order valence-electron chi connectivity index (χ4n) is 3.17. The monoisotopic (exact) mass is 399 g/mol. The number of hydrogen-bond donors (Lipinski definition) is 2. The fraction of sp³-hybridized carbons (Fsp3) is 0.286. The molecule has 148 valence electrons. The standard InChI is InChI=1S/C21H25N3O3S/c1-24(2)17(15-13-28-19-11-6-5-8-14(15)19)12-22-21(25)23-16-9-7-10-18(26-3)20(16)27-4/h5-11,13,17H,12H2,1-4H3,(H2,22,23,25). The zero-order valence-electron chi connectivity index (χ0n) is 16.5. The molecular formula is C21H25N3O3S. The van der Waals surface area contributed by atoms with Crippen LogP contribution in [-0.2, 0) is 0 Å². The lowest BCUT2D eigenvalue weighted by molar-refractivity contribution is 0.243. The lowest BCUT2D eigenvalue weighted by Gasteiger charge is -2.25. The molecule has 0 aliphatic carbocycles. The Hall–Kier alpha value is -2.77. The summed E-state index contributed by atoms with van der Waals surface area (Å²) in [5.74, 6) is 1.06. The summed E-state index contributed by atoms with van der Waals surface area (Å²) < 4.78 is 11.9. The summed E-state index contributed by atoms with van der Waals surface area (Å²) >= 11 is 1.72. The molecule has 7 heteroatoms. The van der Waals surface area contributed by atoms with Crippen LogP contribution in [0.4, 0.5) is 10.5 Å². The number of thiophene rings is 1. The molecule has 3 aromatic rings. The number of rotatable bonds is 7. The SMILES string of the molecule is COc1cccc(NC(=O)NCC(c2csc3ccccc23)N(C)C)c1OC. The van der Waals surface area contributed by atoms with E-state index in [1.807, 2.05) is 26.2 Å². The number of fused-ring (bicyclic) bond motifs is 1. The molecule has 1 atom stereocenters. The molecule has 1 aromatic heterocycles. The molecule has 0 aliphatic rings. The summed E-state index contributed by atoms with van der Waals surface area (Å²) in [6, 6.07) is 13.5. The molecule has 2 aromatic carbocycles. The summed E-state index contributed by atoms with van der Waals surface area (Å²) in [5.41, 5.74) is 1.77. The van der Waals surface area contributed by atoms with Gasteiger partial charge in [0.15, 0.2) is 11.5 Å². The number of nitrogens with one attached hydrogen (secondary N) is 2. The van der Waals surface area contributed by atoms with E-state index in [2.05, 4.69) is 33.0 Å². The average Bonchev–Trinajstić information content (AvgIpc) is 3.11. The maximum absolute atomic E-state index is 12.5. The number of urea groups is 1. The fourth-order valence-corrected chi connectivity index (χ4v) is 4.18. The number of benzene rings is 2. The summed E-state index contributed by atoms with van der Waals surface area (Å²) in [4.78, 5) is 14.6. The van der Waals surface area contributed by atoms with E-state index >= 15 is 0 Å². The first-order valence-corrected chi connectivity index (χ1v) is 9.81. The van der Waals surface area contributed by atoms with Gasteiger partial charge in [-0.2, -0.15) is 0 Å². The molecular weight excluding hydrogens is 374 g/mol. The minimum absolute atomic E-state index is 0.0640. The van der Waals surface area contributed by atoms with Gasteiger partial charge in [0.05, 0.1) is 25.9 Å². The predicted molar refractivity (Wildman–Crippen MR) is 115 cm³/mol. The van der Waals surface area contributed by atoms with E-state index in [0.717, 1.165) is 0 Å². The van der Waals surface area contributed by atoms with Crippen LogP contribution >= 0.6 is 11.3 Å². The van der Waals surface area contributed by atoms with Crippen molar-refractivity contribution < 1.29 is 14.3 Å². The number of para-hydroxylation sites is 1. The number of likely N-dealkylation sites (N-methyl/N-ethyl adjacent to an activating group) is 1. The summed E-state index contributed by atoms with van der Waals surface area (Å²) in [5, 5.41) is 9.20. The van der Waals surface area contributed by atoms with Crippen LogP contribution in [0, 0.1) is 0 Å². The van der Waals surface area contributed by atoms with Crippen molar-refractivity contribution in [1.82, 2.24) is 10.2 Å². The zero-order valence-corrected chi connectivity index (χ0v) is 17.3. The first-order chi connectivity index (χ1) is 13.5. The highest BCUT2D eigenvalue weighted by molar-refractivity contribution is 7.17. The number of nitrogens with zero attached hydrogens (tertiary/aromatic N) is 1. The second kappa shape index (κ2) is 8.95. The lowest BCUT2D eigenvalue weighted by Crippen LogP contribution is -2.36. The van der Waals surface area contributed by atoms with Gasteiger partial charge in [-0.3, -0.25) is 0 Å². The van der Waals surface area contributed by atoms with Crippen molar-refractivity contribution >= 4 is 33.1 Å². The van der Waals surface area contributed by atoms with E-state index in [9.17, 15) is 4.79 Å². The molecule has 1 unspecified atom stereocenters. The van der Waals surface area contributed by atoms with E-state index in [4.69, 9.17) is 9.47 Å². The van der Waals surface area contributed by atoms with E-state index in [1.54, 1.807) is 43.8 Å². The van der Waals surface area contributed by atoms with Crippen molar-refractivity contribution in [3.05, 3.63) is 53.4 Å². The Morgan fingerprint density at radius 3 is 2.61 bits per heavy atom. The predicted octanol–water partition coefficient (Wildman–Crippen LogP) is 4.34. The van der Waals surface area contributed by atoms with Crippen LogP contribution in [0.5, 0.6) is 11.5 Å². The number of methoxy groups -OCH3 is 2. The van der Waals surface area contributed by atoms with Crippen LogP contribution in [-0.4, -0.2) is 45.8 Å². The highest BCUT2D eigenvalue weighted by Crippen LogP contribution is 2.35. The summed E-state index contributed by atoms with van der Waals surface area (Å²) in [6.07, 6.45) is 0. The Bertz CT molecular complexity index is 955. The molecule has 3 rings (SSSR count). The number of amides is 2. The van der Waals surface area contributed by atoms with Crippen LogP contribution in [0.15, 0.2) is 47.8 Å². The summed E-state index contributed by atoms with van der Waals surface area (Å²) in [7, 11) is 7.14. The number of carbonyl (C=O) groups excluding carboxylic acids is 1. The van der Waals surface area contributed by atoms with Crippen LogP contribution in [0.1, 0.15) is 11.6 Å². The van der Waals surface area contributed by atoms with Crippen molar-refractivity contribution in [2.75, 3.05) is 40.2 Å². The average molecular weight is 400 g/mol. The molecule has 0 saturated heterocycles. The third-order valence-corrected chi connectivity index (χ3v) is 5.58. The minimum Gasteiger partial charge on any atom is -0.493 e. The maximum atomic E-state index is 12.5. The molecule has 0 spiro atoms. The highest BCUT2D eigenvalue weighted by atomic mass is 32.1. The quantitative estimate of drug-likeness (QED) is 0.620. The van der Waals surface area contributed by atoms with Gasteiger partial charge in [-0.05, 0) is 48.6 Å². The molecule has 0 fully saturated rings. The molecule has 6 nitrogen and oxygen atoms in total. The van der Waals surface area contributed by atoms with E-state index in [-0.39, 0.29) is 12.1 Å². The van der Waals surface area contributed by atoms with Crippen molar-refractivity contribution in [1.29, 1.82) is 0 Å². The Balaban J connectivity index is 1.72. The van der Waals surface area contributed by atoms with Gasteiger partial charge in [0.25, 0.3) is 0 Å². The Kier molecular flexibility index (Phi) is 6.38. The van der Waals surface area contributed by atoms with Gasteiger partial charge in [0.2, 0.25) is 0 Å². The minimum atomic E-state index is -0.294. The molecule has 1 heterocycles. The molecule has 2 amide bonds. The third-order valence-electron chi connectivity index (χ3n) is 4.60. The van der Waals surface area contributed by atoms with E-state index in [1.165, 1.54) is 15.6 Å². The second-order valence-corrected chi connectivity index (χ2v) is 7.45. The van der Waals surface area contributed by atoms with Gasteiger partial charge in [0, 0.05) is 11.2 Å². The Morgan fingerprint density at radius 2 is 1.89 bits per heavy atom. The third kappa shape index (κ3) is 4.21. The first-order valence-electron chi connectivity index (χ1n) is 8.93. The van der Waals surface area contributed by atoms with Crippen molar-refractivity contribution in [2.24, 2.45) is 0 Å². The largest absolute Gasteiger partial charge is 0.493 e. The van der Waals surface area contributed by atoms with Crippen molar-refractivity contribution in [2.45, 2.75) is 6.04 Å². The Labute approximate surface area is 169 Å².